The van der Waals surface area contributed by atoms with E-state index >= 15 is 0 Å². The van der Waals surface area contributed by atoms with E-state index < -0.39 is 51.5 Å². The second kappa shape index (κ2) is 9.12. The van der Waals surface area contributed by atoms with Crippen LogP contribution in [0.2, 0.25) is 0 Å². The molecule has 1 amide bonds. The number of thiazole rings is 1. The van der Waals surface area contributed by atoms with E-state index in [9.17, 15) is 27.9 Å². The number of aromatic nitrogens is 1. The number of carboxylic acids is 2. The van der Waals surface area contributed by atoms with Gasteiger partial charge in [0.2, 0.25) is 5.60 Å². The van der Waals surface area contributed by atoms with Crippen LogP contribution in [-0.2, 0) is 29.5 Å². The molecule has 2 atom stereocenters. The fourth-order valence-electron chi connectivity index (χ4n) is 1.71. The molecule has 162 valence electrons. The van der Waals surface area contributed by atoms with Crippen molar-refractivity contribution in [1.82, 2.24) is 15.0 Å². The first kappa shape index (κ1) is 24.2. The molecule has 1 heterocycles. The molecule has 0 aliphatic carbocycles. The average molecular weight is 453 g/mol. The molecule has 1 aromatic rings. The monoisotopic (exact) mass is 453 g/mol. The van der Waals surface area contributed by atoms with E-state index in [1.165, 1.54) is 5.38 Å². The number of nitrogens with zero attached hydrogens (tertiary/aromatic N) is 2. The number of carbonyl (C=O) groups is 3. The van der Waals surface area contributed by atoms with Crippen molar-refractivity contribution in [2.45, 2.75) is 38.5 Å². The van der Waals surface area contributed by atoms with Crippen LogP contribution in [0.1, 0.15) is 26.5 Å². The van der Waals surface area contributed by atoms with Gasteiger partial charge >= 0.3 is 22.2 Å². The van der Waals surface area contributed by atoms with Crippen LogP contribution in [0.5, 0.6) is 0 Å². The van der Waals surface area contributed by atoms with Crippen LogP contribution < -0.4 is 15.8 Å². The highest BCUT2D eigenvalue weighted by molar-refractivity contribution is 7.83. The summed E-state index contributed by atoms with van der Waals surface area (Å²) in [5, 5.41) is 25.1. The van der Waals surface area contributed by atoms with E-state index in [-0.39, 0.29) is 10.8 Å². The normalized spacial score (nSPS) is 14.7. The summed E-state index contributed by atoms with van der Waals surface area (Å²) in [6.45, 7) is 3.39. The smallest absolute Gasteiger partial charge is 0.350 e. The van der Waals surface area contributed by atoms with Crippen molar-refractivity contribution in [3.8, 4) is 0 Å². The Morgan fingerprint density at radius 1 is 1.34 bits per heavy atom. The van der Waals surface area contributed by atoms with E-state index in [1.807, 2.05) is 5.32 Å². The number of anilines is 1. The number of carbonyl (C=O) groups excluding carboxylic acids is 1. The first-order chi connectivity index (χ1) is 13.1. The fraction of sp³-hybridized carbons (Fsp3) is 0.462. The van der Waals surface area contributed by atoms with Crippen LogP contribution in [0.15, 0.2) is 10.5 Å². The van der Waals surface area contributed by atoms with Crippen LogP contribution in [0, 0.1) is 0 Å². The number of carboxylic acid groups (broad SMARTS) is 2. The number of nitrogens with one attached hydrogen (secondary N) is 2. The molecule has 0 bridgehead atoms. The van der Waals surface area contributed by atoms with Gasteiger partial charge in [0.05, 0.1) is 6.04 Å². The number of rotatable bonds is 10. The van der Waals surface area contributed by atoms with Crippen LogP contribution in [0.4, 0.5) is 5.13 Å². The highest BCUT2D eigenvalue weighted by Gasteiger charge is 2.33. The van der Waals surface area contributed by atoms with Gasteiger partial charge in [0.1, 0.15) is 11.7 Å². The zero-order valence-corrected chi connectivity index (χ0v) is 16.9. The van der Waals surface area contributed by atoms with Gasteiger partial charge in [-0.05, 0) is 20.8 Å². The fourth-order valence-corrected chi connectivity index (χ4v) is 2.87. The zero-order valence-electron chi connectivity index (χ0n) is 15.3. The van der Waals surface area contributed by atoms with Gasteiger partial charge in [0.25, 0.3) is 5.91 Å². The number of aliphatic carboxylic acids is 2. The molecule has 0 radical (unpaired) electrons. The lowest BCUT2D eigenvalue weighted by atomic mass is 10.1. The van der Waals surface area contributed by atoms with Crippen molar-refractivity contribution in [3.63, 3.8) is 0 Å². The first-order valence-electron chi connectivity index (χ1n) is 7.63. The SMILES string of the molecule is CC(NS(=O)(=O)O)C(NC(=O)/C(=N/OC(C)(C)C(=O)O)c1csc(N)n1)C(=O)O. The minimum atomic E-state index is -4.76. The maximum absolute atomic E-state index is 12.6. The van der Waals surface area contributed by atoms with Crippen molar-refractivity contribution in [3.05, 3.63) is 11.1 Å². The Balaban J connectivity index is 3.22. The van der Waals surface area contributed by atoms with Gasteiger partial charge in [-0.25, -0.2) is 14.6 Å². The van der Waals surface area contributed by atoms with Gasteiger partial charge in [0, 0.05) is 5.38 Å². The minimum Gasteiger partial charge on any atom is -0.480 e. The molecule has 16 heteroatoms. The lowest BCUT2D eigenvalue weighted by Gasteiger charge is -2.21. The molecule has 7 N–H and O–H groups in total. The highest BCUT2D eigenvalue weighted by Crippen LogP contribution is 2.15. The summed E-state index contributed by atoms with van der Waals surface area (Å²) < 4.78 is 32.2. The molecule has 0 saturated carbocycles. The van der Waals surface area contributed by atoms with E-state index in [1.54, 1.807) is 4.72 Å². The summed E-state index contributed by atoms with van der Waals surface area (Å²) >= 11 is 0.922. The molecule has 0 saturated heterocycles. The van der Waals surface area contributed by atoms with Crippen molar-refractivity contribution >= 4 is 50.3 Å². The maximum atomic E-state index is 12.6. The molecular weight excluding hydrogens is 434 g/mol. The minimum absolute atomic E-state index is 0.0363. The molecule has 1 rings (SSSR count). The Morgan fingerprint density at radius 2 is 1.93 bits per heavy atom. The zero-order chi connectivity index (χ0) is 22.6. The second-order valence-corrected chi connectivity index (χ2v) is 8.16. The number of hydrogen-bond donors (Lipinski definition) is 6. The molecule has 0 fully saturated rings. The van der Waals surface area contributed by atoms with Crippen molar-refractivity contribution in [2.24, 2.45) is 5.16 Å². The number of amides is 1. The third-order valence-electron chi connectivity index (χ3n) is 3.25. The Hall–Kier alpha value is -2.82. The van der Waals surface area contributed by atoms with E-state index in [0.717, 1.165) is 32.1 Å². The molecule has 14 nitrogen and oxygen atoms in total. The second-order valence-electron chi connectivity index (χ2n) is 6.09. The molecule has 0 spiro atoms. The number of nitrogens with two attached hydrogens (primary N) is 1. The largest absolute Gasteiger partial charge is 0.480 e. The highest BCUT2D eigenvalue weighted by atomic mass is 32.2. The van der Waals surface area contributed by atoms with Gasteiger partial charge < -0.3 is 26.1 Å². The Labute approximate surface area is 168 Å². The summed E-state index contributed by atoms with van der Waals surface area (Å²) in [5.74, 6) is -4.20. The Bertz CT molecular complexity index is 925. The van der Waals surface area contributed by atoms with Crippen LogP contribution in [-0.4, -0.2) is 69.4 Å². The van der Waals surface area contributed by atoms with Crippen molar-refractivity contribution in [2.75, 3.05) is 5.73 Å². The third-order valence-corrected chi connectivity index (χ3v) is 4.59. The predicted molar refractivity (Wildman–Crippen MR) is 99.6 cm³/mol. The Kier molecular flexibility index (Phi) is 7.62. The molecule has 1 aromatic heterocycles. The topological polar surface area (TPSA) is 231 Å². The predicted octanol–water partition coefficient (Wildman–Crippen LogP) is -1.34. The van der Waals surface area contributed by atoms with Gasteiger partial charge in [-0.2, -0.15) is 13.1 Å². The maximum Gasteiger partial charge on any atom is 0.350 e. The molecule has 0 aromatic carbocycles. The average Bonchev–Trinajstić information content (AvgIpc) is 2.96. The third kappa shape index (κ3) is 7.26. The number of oxime groups is 1. The van der Waals surface area contributed by atoms with E-state index in [0.29, 0.717) is 0 Å². The summed E-state index contributed by atoms with van der Waals surface area (Å²) in [7, 11) is -4.76. The lowest BCUT2D eigenvalue weighted by Crippen LogP contribution is -2.55. The van der Waals surface area contributed by atoms with Gasteiger partial charge in [-0.3, -0.25) is 9.35 Å². The summed E-state index contributed by atoms with van der Waals surface area (Å²) in [6, 6.07) is -3.30. The molecular formula is C13H19N5O9S2. The number of hydrogen-bond acceptors (Lipinski definition) is 10. The quantitative estimate of drug-likeness (QED) is 0.138. The van der Waals surface area contributed by atoms with Crippen LogP contribution >= 0.6 is 11.3 Å². The summed E-state index contributed by atoms with van der Waals surface area (Å²) in [5.41, 5.74) is 2.93. The van der Waals surface area contributed by atoms with Gasteiger partial charge in [0.15, 0.2) is 10.8 Å². The molecule has 29 heavy (non-hydrogen) atoms. The van der Waals surface area contributed by atoms with Crippen molar-refractivity contribution in [1.29, 1.82) is 0 Å². The summed E-state index contributed by atoms with van der Waals surface area (Å²) in [4.78, 5) is 43.8. The first-order valence-corrected chi connectivity index (χ1v) is 9.95. The summed E-state index contributed by atoms with van der Waals surface area (Å²) in [6.07, 6.45) is 0. The van der Waals surface area contributed by atoms with E-state index in [2.05, 4.69) is 10.1 Å². The standard InChI is InChI=1S/C13H19N5O9S2/c1-5(18-29(24,25)26)7(10(20)21)16-9(19)8(6-4-28-12(14)15-6)17-27-13(2,3)11(22)23/h4-5,7,18H,1-3H3,(H2,14,15)(H,16,19)(H,20,21)(H,22,23)(H,24,25,26)/b17-8+. The Morgan fingerprint density at radius 3 is 2.34 bits per heavy atom. The van der Waals surface area contributed by atoms with Crippen LogP contribution in [0.25, 0.3) is 0 Å². The van der Waals surface area contributed by atoms with E-state index in [4.69, 9.17) is 20.2 Å². The van der Waals surface area contributed by atoms with Gasteiger partial charge in [-0.1, -0.05) is 5.16 Å². The lowest BCUT2D eigenvalue weighted by molar-refractivity contribution is -0.161. The number of nitrogen functional groups attached to an aromatic ring is 1. The molecule has 0 aliphatic heterocycles. The molecule has 2 unspecified atom stereocenters. The van der Waals surface area contributed by atoms with Crippen molar-refractivity contribution < 1.29 is 42.4 Å². The molecule has 0 aliphatic rings. The van der Waals surface area contributed by atoms with Crippen LogP contribution in [0.3, 0.4) is 0 Å². The van der Waals surface area contributed by atoms with Gasteiger partial charge in [-0.15, -0.1) is 11.3 Å².